The summed E-state index contributed by atoms with van der Waals surface area (Å²) in [5.74, 6) is 0. The van der Waals surface area contributed by atoms with Crippen LogP contribution in [0.15, 0.2) is 0 Å². The zero-order chi connectivity index (χ0) is 16.7. The van der Waals surface area contributed by atoms with Crippen molar-refractivity contribution in [3.8, 4) is 0 Å². The van der Waals surface area contributed by atoms with Crippen molar-refractivity contribution >= 4 is 6.09 Å². The van der Waals surface area contributed by atoms with Gasteiger partial charge in [0.2, 0.25) is 0 Å². The Morgan fingerprint density at radius 1 is 1.22 bits per heavy atom. The molecule has 1 saturated carbocycles. The fourth-order valence-electron chi connectivity index (χ4n) is 4.54. The van der Waals surface area contributed by atoms with Crippen LogP contribution in [0.1, 0.15) is 79.1 Å². The molecule has 132 valence electrons. The van der Waals surface area contributed by atoms with E-state index in [-0.39, 0.29) is 6.09 Å². The van der Waals surface area contributed by atoms with Crippen LogP contribution in [0.3, 0.4) is 0 Å². The molecule has 0 radical (unpaired) electrons. The number of carbonyl (C=O) groups is 1. The highest BCUT2D eigenvalue weighted by molar-refractivity contribution is 5.69. The van der Waals surface area contributed by atoms with E-state index in [0.29, 0.717) is 23.5 Å². The number of fused-ring (bicyclic) bond motifs is 2. The number of nitrogens with zero attached hydrogens (tertiary/aromatic N) is 1. The lowest BCUT2D eigenvalue weighted by Gasteiger charge is -2.40. The smallest absolute Gasteiger partial charge is 0.410 e. The van der Waals surface area contributed by atoms with Gasteiger partial charge in [-0.3, -0.25) is 0 Å². The number of carbonyl (C=O) groups excluding carboxylic acids is 1. The number of piperidine rings is 1. The number of nitrogens with one attached hydrogen (secondary N) is 1. The minimum Gasteiger partial charge on any atom is -0.444 e. The van der Waals surface area contributed by atoms with Crippen molar-refractivity contribution in [1.82, 2.24) is 10.2 Å². The van der Waals surface area contributed by atoms with E-state index in [2.05, 4.69) is 12.2 Å². The summed E-state index contributed by atoms with van der Waals surface area (Å²) >= 11 is 0. The zero-order valence-electron chi connectivity index (χ0n) is 15.4. The number of amides is 1. The monoisotopic (exact) mass is 322 g/mol. The summed E-state index contributed by atoms with van der Waals surface area (Å²) in [6.45, 7) is 9.31. The molecule has 3 aliphatic rings. The van der Waals surface area contributed by atoms with Gasteiger partial charge in [-0.15, -0.1) is 0 Å². The molecule has 2 aliphatic heterocycles. The summed E-state index contributed by atoms with van der Waals surface area (Å²) in [4.78, 5) is 14.5. The number of hydrogen-bond donors (Lipinski definition) is 1. The van der Waals surface area contributed by atoms with E-state index in [9.17, 15) is 4.79 Å². The number of hydrogen-bond acceptors (Lipinski definition) is 3. The van der Waals surface area contributed by atoms with Crippen LogP contribution >= 0.6 is 0 Å². The molecule has 2 atom stereocenters. The minimum absolute atomic E-state index is 0.104. The van der Waals surface area contributed by atoms with E-state index in [4.69, 9.17) is 4.74 Å². The van der Waals surface area contributed by atoms with Crippen molar-refractivity contribution in [1.29, 1.82) is 0 Å². The maximum atomic E-state index is 12.5. The van der Waals surface area contributed by atoms with Gasteiger partial charge in [0.1, 0.15) is 5.60 Å². The predicted molar refractivity (Wildman–Crippen MR) is 92.5 cm³/mol. The number of ether oxygens (including phenoxy) is 1. The second-order valence-corrected chi connectivity index (χ2v) is 9.07. The molecule has 0 aromatic rings. The van der Waals surface area contributed by atoms with E-state index >= 15 is 0 Å². The first kappa shape index (κ1) is 17.1. The van der Waals surface area contributed by atoms with Crippen LogP contribution in [-0.4, -0.2) is 41.3 Å². The van der Waals surface area contributed by atoms with Crippen LogP contribution in [0, 0.1) is 5.41 Å². The fourth-order valence-corrected chi connectivity index (χ4v) is 4.54. The van der Waals surface area contributed by atoms with Crippen molar-refractivity contribution in [3.63, 3.8) is 0 Å². The molecule has 23 heavy (non-hydrogen) atoms. The first-order valence-corrected chi connectivity index (χ1v) is 9.57. The Bertz CT molecular complexity index is 425. The molecule has 0 aromatic carbocycles. The summed E-state index contributed by atoms with van der Waals surface area (Å²) in [5.41, 5.74) is 0.209. The Morgan fingerprint density at radius 2 is 1.83 bits per heavy atom. The summed E-state index contributed by atoms with van der Waals surface area (Å²) in [5, 5.41) is 3.84. The van der Waals surface area contributed by atoms with Gasteiger partial charge in [-0.2, -0.15) is 0 Å². The zero-order valence-corrected chi connectivity index (χ0v) is 15.4. The van der Waals surface area contributed by atoms with E-state index in [1.807, 2.05) is 25.7 Å². The van der Waals surface area contributed by atoms with Crippen LogP contribution in [0.25, 0.3) is 0 Å². The van der Waals surface area contributed by atoms with Crippen LogP contribution in [0.4, 0.5) is 4.79 Å². The molecule has 0 aromatic heterocycles. The molecule has 1 aliphatic carbocycles. The summed E-state index contributed by atoms with van der Waals surface area (Å²) in [7, 11) is 0. The van der Waals surface area contributed by atoms with Crippen molar-refractivity contribution in [3.05, 3.63) is 0 Å². The van der Waals surface area contributed by atoms with Gasteiger partial charge in [-0.05, 0) is 71.1 Å². The Balaban J connectivity index is 1.52. The SMILES string of the molecule is CCCC1(CNC2CC3CCC(C2)N3C(=O)OC(C)(C)C)CC1. The highest BCUT2D eigenvalue weighted by atomic mass is 16.6. The lowest BCUT2D eigenvalue weighted by molar-refractivity contribution is 0.00451. The average molecular weight is 322 g/mol. The molecular weight excluding hydrogens is 288 g/mol. The molecule has 4 nitrogen and oxygen atoms in total. The Hall–Kier alpha value is -0.770. The average Bonchev–Trinajstić information content (AvgIpc) is 3.15. The molecule has 3 rings (SSSR count). The highest BCUT2D eigenvalue weighted by Crippen LogP contribution is 2.49. The van der Waals surface area contributed by atoms with Gasteiger partial charge in [-0.1, -0.05) is 13.3 Å². The molecule has 2 bridgehead atoms. The third-order valence-electron chi connectivity index (χ3n) is 5.84. The summed E-state index contributed by atoms with van der Waals surface area (Å²) < 4.78 is 5.62. The van der Waals surface area contributed by atoms with E-state index in [1.165, 1.54) is 32.2 Å². The van der Waals surface area contributed by atoms with Gasteiger partial charge < -0.3 is 15.0 Å². The molecular formula is C19H34N2O2. The Morgan fingerprint density at radius 3 is 2.30 bits per heavy atom. The van der Waals surface area contributed by atoms with Crippen molar-refractivity contribution in [2.45, 2.75) is 103 Å². The summed E-state index contributed by atoms with van der Waals surface area (Å²) in [6.07, 6.45) is 9.83. The minimum atomic E-state index is -0.399. The third-order valence-corrected chi connectivity index (χ3v) is 5.84. The van der Waals surface area contributed by atoms with E-state index in [1.54, 1.807) is 0 Å². The second-order valence-electron chi connectivity index (χ2n) is 9.07. The first-order valence-electron chi connectivity index (χ1n) is 9.57. The molecule has 4 heteroatoms. The molecule has 3 fully saturated rings. The van der Waals surface area contributed by atoms with Gasteiger partial charge in [0.15, 0.2) is 0 Å². The van der Waals surface area contributed by atoms with Crippen molar-refractivity contribution in [2.24, 2.45) is 5.41 Å². The van der Waals surface area contributed by atoms with Crippen LogP contribution in [-0.2, 0) is 4.74 Å². The lowest BCUT2D eigenvalue weighted by Crippen LogP contribution is -2.53. The quantitative estimate of drug-likeness (QED) is 0.829. The largest absolute Gasteiger partial charge is 0.444 e. The normalized spacial score (nSPS) is 32.0. The van der Waals surface area contributed by atoms with Crippen molar-refractivity contribution < 1.29 is 9.53 Å². The van der Waals surface area contributed by atoms with Crippen LogP contribution in [0.5, 0.6) is 0 Å². The van der Waals surface area contributed by atoms with Gasteiger partial charge >= 0.3 is 6.09 Å². The Labute approximate surface area is 141 Å². The van der Waals surface area contributed by atoms with Crippen LogP contribution < -0.4 is 5.32 Å². The molecule has 1 N–H and O–H groups in total. The standard InChI is InChI=1S/C19H34N2O2/c1-5-8-19(9-10-19)13-20-14-11-15-6-7-16(12-14)21(15)17(22)23-18(2,3)4/h14-16,20H,5-13H2,1-4H3. The predicted octanol–water partition coefficient (Wildman–Crippen LogP) is 4.09. The first-order chi connectivity index (χ1) is 10.8. The van der Waals surface area contributed by atoms with Crippen LogP contribution in [0.2, 0.25) is 0 Å². The molecule has 2 heterocycles. The van der Waals surface area contributed by atoms with Gasteiger partial charge in [0, 0.05) is 24.7 Å². The van der Waals surface area contributed by atoms with Crippen molar-refractivity contribution in [2.75, 3.05) is 6.54 Å². The maximum absolute atomic E-state index is 12.5. The molecule has 2 saturated heterocycles. The molecule has 2 unspecified atom stereocenters. The highest BCUT2D eigenvalue weighted by Gasteiger charge is 2.46. The van der Waals surface area contributed by atoms with Gasteiger partial charge in [0.25, 0.3) is 0 Å². The lowest BCUT2D eigenvalue weighted by atomic mass is 9.95. The number of rotatable bonds is 5. The van der Waals surface area contributed by atoms with E-state index in [0.717, 1.165) is 25.7 Å². The Kier molecular flexibility index (Phi) is 4.65. The molecule has 1 amide bonds. The summed E-state index contributed by atoms with van der Waals surface area (Å²) in [6, 6.07) is 1.34. The fraction of sp³-hybridized carbons (Fsp3) is 0.947. The molecule has 0 spiro atoms. The topological polar surface area (TPSA) is 41.6 Å². The van der Waals surface area contributed by atoms with Gasteiger partial charge in [0.05, 0.1) is 0 Å². The van der Waals surface area contributed by atoms with Gasteiger partial charge in [-0.25, -0.2) is 4.79 Å². The van der Waals surface area contributed by atoms with E-state index < -0.39 is 5.60 Å². The maximum Gasteiger partial charge on any atom is 0.410 e. The second kappa shape index (κ2) is 6.27. The third kappa shape index (κ3) is 4.01.